The van der Waals surface area contributed by atoms with Crippen LogP contribution in [0.15, 0.2) is 122 Å². The van der Waals surface area contributed by atoms with Crippen molar-refractivity contribution in [3.8, 4) is 0 Å². The second-order valence-electron chi connectivity index (χ2n) is 35.8. The molecule has 0 unspecified atom stereocenters. The van der Waals surface area contributed by atoms with Gasteiger partial charge in [-0.15, -0.1) is 11.6 Å². The maximum atomic E-state index is 14.6. The average Bonchev–Trinajstić information content (AvgIpc) is 1.61. The number of carbonyl (C=O) groups excluding carboxylic acids is 9. The third-order valence-electron chi connectivity index (χ3n) is 27.2. The fourth-order valence-electron chi connectivity index (χ4n) is 21.7. The number of fused-ring (bicyclic) bond motifs is 11. The fraction of sp³-hybridized carbons (Fsp3) is 0.467. The number of nitro groups is 2. The van der Waals surface area contributed by atoms with Crippen molar-refractivity contribution in [3.63, 3.8) is 0 Å². The number of nitrogens with zero attached hydrogens (tertiary/aromatic N) is 10. The number of aromatic nitrogens is 8. The first-order valence-electron chi connectivity index (χ1n) is 46.0. The largest absolute Gasteiger partial charge is 1.00 e. The van der Waals surface area contributed by atoms with E-state index in [1.165, 1.54) is 49.2 Å². The van der Waals surface area contributed by atoms with Crippen molar-refractivity contribution >= 4 is 175 Å². The van der Waals surface area contributed by atoms with Gasteiger partial charge >= 0.3 is 68.9 Å². The van der Waals surface area contributed by atoms with Crippen LogP contribution >= 0.6 is 46.4 Å². The quantitative estimate of drug-likeness (QED) is 0.00399. The second kappa shape index (κ2) is 55.3. The van der Waals surface area contributed by atoms with Crippen LogP contribution in [-0.4, -0.2) is 179 Å². The Morgan fingerprint density at radius 2 is 0.938 bits per heavy atom. The molecule has 1 saturated heterocycles. The molecule has 0 radical (unpaired) electrons. The topological polar surface area (TPSA) is 681 Å². The maximum Gasteiger partial charge on any atom is 1.00 e. The summed E-state index contributed by atoms with van der Waals surface area (Å²) in [5, 5.41) is 65.8. The summed E-state index contributed by atoms with van der Waals surface area (Å²) in [5.74, 6) is -4.17. The number of carbonyl (C=O) groups is 9. The molecule has 8 amide bonds. The predicted molar refractivity (Wildman–Crippen MR) is 519 cm³/mol. The van der Waals surface area contributed by atoms with E-state index in [1.807, 2.05) is 0 Å². The Morgan fingerprint density at radius 1 is 0.535 bits per heavy atom. The van der Waals surface area contributed by atoms with E-state index in [0.717, 1.165) is 109 Å². The van der Waals surface area contributed by atoms with Crippen molar-refractivity contribution in [2.24, 2.45) is 123 Å². The molecule has 23 N–H and O–H groups in total. The van der Waals surface area contributed by atoms with E-state index in [-0.39, 0.29) is 275 Å². The van der Waals surface area contributed by atoms with Gasteiger partial charge in [0.1, 0.15) is 5.88 Å². The Labute approximate surface area is 902 Å². The number of anilines is 11. The summed E-state index contributed by atoms with van der Waals surface area (Å²) in [5.41, 5.74) is 37.2. The van der Waals surface area contributed by atoms with Crippen molar-refractivity contribution in [2.75, 3.05) is 99.4 Å². The number of non-ortho nitro benzene ring substituents is 2. The number of hydrogen-bond donors (Lipinski definition) is 17. The summed E-state index contributed by atoms with van der Waals surface area (Å²) in [6.45, 7) is 3.19. The molecule has 12 bridgehead atoms. The molecule has 20 atom stereocenters. The third kappa shape index (κ3) is 31.4. The Morgan fingerprint density at radius 3 is 1.35 bits per heavy atom. The van der Waals surface area contributed by atoms with Crippen LogP contribution in [0.1, 0.15) is 103 Å². The number of rotatable bonds is 26. The molecule has 2 aliphatic heterocycles. The molecule has 8 saturated carbocycles. The van der Waals surface area contributed by atoms with Gasteiger partial charge in [-0.1, -0.05) is 24.3 Å². The predicted octanol–water partition coefficient (Wildman–Crippen LogP) is 6.54. The van der Waals surface area contributed by atoms with Gasteiger partial charge < -0.3 is 108 Å². The third-order valence-corrected chi connectivity index (χ3v) is 28.0. The minimum atomic E-state index is -0.662. The molecule has 144 heavy (non-hydrogen) atoms. The fourth-order valence-corrected chi connectivity index (χ4v) is 22.1. The Kier molecular flexibility index (Phi) is 44.1. The first-order chi connectivity index (χ1) is 68.6. The van der Waals surface area contributed by atoms with E-state index in [2.05, 4.69) is 97.9 Å². The summed E-state index contributed by atoms with van der Waals surface area (Å²) in [4.78, 5) is 158. The summed E-state index contributed by atoms with van der Waals surface area (Å²) in [7, 11) is 1.00. The summed E-state index contributed by atoms with van der Waals surface area (Å²) >= 11 is 22.6. The number of hydrogen-bond acceptors (Lipinski definition) is 33. The monoisotopic (exact) mass is 2200 g/mol. The number of nitrogens with one attached hydrogen (secondary N) is 10. The standard InChI is InChI=1S/C22H24ClFN6O4.C22H26ClFN6O2.C21H24FN7O2.C13H17ClFN5O.C8H7ClN2O3.C4H8O.CH2O3.CH4O.Cs/c23-22-26-10-16(24)21(29-22)28-19-15-8-12(18(19)20(25)32)7-11(15)3-1-6-17(31)27-13-4-2-5-14(9-13)30(33)34;23-22-27-10-16(24)21(30-22)29-19-15-8-12(18(19)20(26)32)7-11(15)3-1-6-17(31)28-14-5-2-4-13(25)9-14;22-15-8-25-21-27-13-3-1-2-12(6-13)26-16(30)9-24-7-11-4-10-5-14(11)18(17(10)19(23)31)28-20(15)29-21;14-13-18-4-8(15)12(20-13)19-10-7-2-5(1-6(7)3-16)9(10)11(17)21;9-5-8(12)10-6-2-1-3-7(4-6)11(13)14;1-2-4-5-3-1;2-1-4-3;1-2;/h2,4-5,9-12,15,18-19H,1,3,6-8H2,(H2,25,32)(H,27,31)(H,26,28,29);2,4-5,9-12,15,18-19H,1,3,6-8,25H2,(H2,26,32)(H,28,31)(H,27,29,30);1-3,6,8,10-11,14,17-18,24H,4-5,7,9H2,(H2,23,31)(H,26,30)(H2,25,27,28,29);4-7,9-10H,1-3,16H2,(H2,17,21)(H,18,19,20);1-4H,5H2,(H,10,12);1-4H2;1,3H;2H,1H3;/q;;;;;;;;+1/p-1/t2*11-,12-,15-,18+,19-;10-,11+,14-,17+,18-;5-,6+,7-,9+,10-;;;;;/m1111...../s1. The number of aliphatic hydroxyl groups excluding tert-OH is 1. The van der Waals surface area contributed by atoms with Gasteiger partial charge in [-0.2, -0.15) is 19.9 Å². The van der Waals surface area contributed by atoms with Crippen LogP contribution in [0.25, 0.3) is 0 Å². The van der Waals surface area contributed by atoms with Crippen LogP contribution in [0.4, 0.5) is 92.3 Å². The van der Waals surface area contributed by atoms with E-state index >= 15 is 0 Å². The van der Waals surface area contributed by atoms with E-state index in [9.17, 15) is 76.1 Å². The second-order valence-corrected chi connectivity index (χ2v) is 37.1. The Bertz CT molecular complexity index is 5810. The number of nitrogens with two attached hydrogens (primary N) is 6. The van der Waals surface area contributed by atoms with Crippen LogP contribution in [0.3, 0.4) is 0 Å². The minimum absolute atomic E-state index is 0. The zero-order valence-electron chi connectivity index (χ0n) is 78.2. The molecule has 8 aliphatic carbocycles. The SMILES string of the molecule is C1CCOC1.CO.NC(=O)[C@H]1[C@@H]2C[C@@H](CCCC(=O)Nc3cccc(N)c3)[C@@H](C2)[C@H]1Nc1nc(Cl)ncc1F.NC(=O)[C@H]1[C@@H]2C[C@@H](CCCC(=O)Nc3cccc([N+](=O)[O-])c3)[C@@H](C2)[C@H]1Nc1nc(Cl)ncc1F.NC(=O)[C@H]1[C@@H]2C[C@H]3CNCC(=O)Nc4cccc(c4)Nc4ncc(F)c(n4)N[C@@H]1[C@@H]3C2.NC[C@@H]1C[C@@H]2C[C@H]1[C@@H](Nc1nc(Cl)ncc1F)[C@H]2C(N)=O.O=C(CCl)Nc1cccc([N+](=O)[O-])c1.O=CO[O-].[Cs+]. The number of halogens is 8. The molecule has 6 heterocycles. The first kappa shape index (κ1) is 115. The molecule has 8 aromatic rings. The molecule has 18 rings (SSSR count). The van der Waals surface area contributed by atoms with Gasteiger partial charge in [-0.05, 0) is 257 Å². The van der Waals surface area contributed by atoms with Gasteiger partial charge in [-0.25, -0.2) is 37.5 Å². The average molecular weight is 2200 g/mol. The molecule has 43 nitrogen and oxygen atoms in total. The maximum absolute atomic E-state index is 14.6. The normalized spacial score (nSPS) is 25.0. The molecule has 10 aliphatic rings. The van der Waals surface area contributed by atoms with Crippen molar-refractivity contribution in [1.82, 2.24) is 45.2 Å². The van der Waals surface area contributed by atoms with E-state index in [0.29, 0.717) is 78.3 Å². The molecule has 768 valence electrons. The van der Waals surface area contributed by atoms with Crippen molar-refractivity contribution in [1.29, 1.82) is 0 Å². The number of nitro benzene ring substituents is 2. The zero-order valence-corrected chi connectivity index (χ0v) is 87.5. The van der Waals surface area contributed by atoms with Crippen LogP contribution in [0.5, 0.6) is 0 Å². The number of alkyl halides is 1. The molecule has 0 spiro atoms. The van der Waals surface area contributed by atoms with Crippen molar-refractivity contribution in [2.45, 2.75) is 127 Å². The van der Waals surface area contributed by atoms with Crippen LogP contribution in [-0.2, 0) is 52.8 Å². The number of ether oxygens (including phenoxy) is 1. The van der Waals surface area contributed by atoms with Gasteiger partial charge in [0.05, 0.1) is 64.9 Å². The number of benzene rings is 4. The van der Waals surface area contributed by atoms with E-state index in [4.69, 9.17) is 101 Å². The van der Waals surface area contributed by atoms with E-state index < -0.39 is 62.7 Å². The van der Waals surface area contributed by atoms with Crippen molar-refractivity contribution in [3.05, 3.63) is 181 Å². The van der Waals surface area contributed by atoms with Gasteiger partial charge in [0.15, 0.2) is 46.5 Å². The molecule has 9 fully saturated rings. The van der Waals surface area contributed by atoms with Gasteiger partial charge in [0, 0.05) is 116 Å². The van der Waals surface area contributed by atoms with Gasteiger partial charge in [-0.3, -0.25) is 63.4 Å². The first-order valence-corrected chi connectivity index (χ1v) is 47.7. The molecule has 52 heteroatoms. The molecule has 4 aromatic heterocycles. The Balaban J connectivity index is 0.000000183. The molecular formula is C92H111Cl4CsF4N26O17. The van der Waals surface area contributed by atoms with E-state index in [1.54, 1.807) is 60.7 Å². The van der Waals surface area contributed by atoms with Crippen LogP contribution < -0.4 is 162 Å². The minimum Gasteiger partial charge on any atom is -0.662 e. The van der Waals surface area contributed by atoms with Gasteiger partial charge in [0.25, 0.3) is 17.8 Å². The Hall–Kier alpha value is -11.2. The molecular weight excluding hydrogens is 2090 g/mol. The number of amides is 8. The van der Waals surface area contributed by atoms with Gasteiger partial charge in [0.2, 0.25) is 69.1 Å². The summed E-state index contributed by atoms with van der Waals surface area (Å²) in [6, 6.07) is 24.3. The summed E-state index contributed by atoms with van der Waals surface area (Å²) < 4.78 is 61.6. The number of nitrogen functional groups attached to an aromatic ring is 1. The van der Waals surface area contributed by atoms with Crippen LogP contribution in [0.2, 0.25) is 15.9 Å². The van der Waals surface area contributed by atoms with Crippen molar-refractivity contribution < 1.29 is 159 Å². The number of aliphatic hydroxyl groups is 1. The smallest absolute Gasteiger partial charge is 0.662 e. The number of primary amides is 4. The zero-order chi connectivity index (χ0) is 103. The summed E-state index contributed by atoms with van der Waals surface area (Å²) in [6.07, 6.45) is 17.0. The van der Waals surface area contributed by atoms with Crippen LogP contribution in [0, 0.1) is 138 Å². The molecule has 4 aromatic carbocycles.